The molecule has 2 N–H and O–H groups in total. The number of benzene rings is 2. The van der Waals surface area contributed by atoms with Gasteiger partial charge < -0.3 is 10.4 Å². The van der Waals surface area contributed by atoms with E-state index in [1.807, 2.05) is 54.6 Å². The first-order valence-electron chi connectivity index (χ1n) is 8.38. The highest BCUT2D eigenvalue weighted by atomic mass is 16.4. The number of aryl methyl sites for hydroxylation is 1. The molecular formula is C20H19N3O3. The highest BCUT2D eigenvalue weighted by Crippen LogP contribution is 2.10. The van der Waals surface area contributed by atoms with Gasteiger partial charge in [-0.1, -0.05) is 42.5 Å². The zero-order chi connectivity index (χ0) is 18.4. The van der Waals surface area contributed by atoms with Gasteiger partial charge in [-0.15, -0.1) is 0 Å². The first-order valence-corrected chi connectivity index (χ1v) is 8.38. The number of rotatable bonds is 7. The Morgan fingerprint density at radius 1 is 1.00 bits per heavy atom. The van der Waals surface area contributed by atoms with Crippen molar-refractivity contribution < 1.29 is 14.7 Å². The van der Waals surface area contributed by atoms with Crippen LogP contribution in [0.2, 0.25) is 0 Å². The fourth-order valence-corrected chi connectivity index (χ4v) is 2.67. The van der Waals surface area contributed by atoms with Crippen LogP contribution in [0.3, 0.4) is 0 Å². The lowest BCUT2D eigenvalue weighted by Crippen LogP contribution is -2.42. The van der Waals surface area contributed by atoms with E-state index in [4.69, 9.17) is 0 Å². The van der Waals surface area contributed by atoms with Crippen LogP contribution < -0.4 is 5.32 Å². The number of carboxylic acid groups (broad SMARTS) is 1. The summed E-state index contributed by atoms with van der Waals surface area (Å²) in [6.45, 7) is 0. The highest BCUT2D eigenvalue weighted by Gasteiger charge is 2.21. The van der Waals surface area contributed by atoms with Crippen molar-refractivity contribution in [1.82, 2.24) is 15.3 Å². The molecular weight excluding hydrogens is 330 g/mol. The van der Waals surface area contributed by atoms with E-state index in [9.17, 15) is 14.7 Å². The average molecular weight is 349 g/mol. The summed E-state index contributed by atoms with van der Waals surface area (Å²) < 4.78 is 0. The zero-order valence-electron chi connectivity index (χ0n) is 14.1. The van der Waals surface area contributed by atoms with Gasteiger partial charge in [0.25, 0.3) is 0 Å². The van der Waals surface area contributed by atoms with Gasteiger partial charge >= 0.3 is 5.97 Å². The minimum absolute atomic E-state index is 0.0875. The van der Waals surface area contributed by atoms with Gasteiger partial charge in [-0.2, -0.15) is 0 Å². The van der Waals surface area contributed by atoms with E-state index in [2.05, 4.69) is 15.3 Å². The van der Waals surface area contributed by atoms with E-state index in [0.717, 1.165) is 11.1 Å². The van der Waals surface area contributed by atoms with Gasteiger partial charge in [0.15, 0.2) is 0 Å². The van der Waals surface area contributed by atoms with Gasteiger partial charge in [-0.3, -0.25) is 9.78 Å². The fourth-order valence-electron chi connectivity index (χ4n) is 2.67. The van der Waals surface area contributed by atoms with Crippen molar-refractivity contribution in [2.24, 2.45) is 0 Å². The van der Waals surface area contributed by atoms with Crippen LogP contribution in [-0.4, -0.2) is 33.0 Å². The molecule has 0 radical (unpaired) electrons. The first kappa shape index (κ1) is 17.5. The number of carbonyl (C=O) groups is 2. The number of aromatic nitrogens is 2. The third-order valence-corrected chi connectivity index (χ3v) is 4.03. The van der Waals surface area contributed by atoms with Gasteiger partial charge in [-0.25, -0.2) is 9.78 Å². The Bertz CT molecular complexity index is 912. The van der Waals surface area contributed by atoms with Crippen LogP contribution in [0.25, 0.3) is 11.0 Å². The molecule has 0 saturated carbocycles. The minimum atomic E-state index is -1.09. The van der Waals surface area contributed by atoms with Gasteiger partial charge in [-0.05, 0) is 24.1 Å². The molecule has 1 heterocycles. The summed E-state index contributed by atoms with van der Waals surface area (Å²) in [5.41, 5.74) is 3.01. The van der Waals surface area contributed by atoms with Crippen LogP contribution >= 0.6 is 0 Å². The lowest BCUT2D eigenvalue weighted by atomic mass is 10.1. The molecule has 0 aliphatic rings. The molecule has 0 aliphatic carbocycles. The van der Waals surface area contributed by atoms with Crippen LogP contribution in [0.5, 0.6) is 0 Å². The van der Waals surface area contributed by atoms with Crippen molar-refractivity contribution in [3.05, 3.63) is 72.1 Å². The summed E-state index contributed by atoms with van der Waals surface area (Å²) in [7, 11) is 0. The fraction of sp³-hybridized carbons (Fsp3) is 0.200. The van der Waals surface area contributed by atoms with Crippen molar-refractivity contribution in [3.8, 4) is 0 Å². The largest absolute Gasteiger partial charge is 0.480 e. The van der Waals surface area contributed by atoms with Gasteiger partial charge in [0, 0.05) is 19.0 Å². The highest BCUT2D eigenvalue weighted by molar-refractivity contribution is 5.84. The zero-order valence-corrected chi connectivity index (χ0v) is 14.1. The maximum Gasteiger partial charge on any atom is 0.326 e. The molecule has 0 spiro atoms. The molecule has 1 atom stereocenters. The number of nitrogens with zero attached hydrogens (tertiary/aromatic N) is 2. The smallest absolute Gasteiger partial charge is 0.326 e. The molecule has 0 unspecified atom stereocenters. The molecule has 0 bridgehead atoms. The van der Waals surface area contributed by atoms with Gasteiger partial charge in [0.05, 0.1) is 16.7 Å². The van der Waals surface area contributed by atoms with Crippen molar-refractivity contribution in [2.45, 2.75) is 25.3 Å². The van der Waals surface area contributed by atoms with Crippen molar-refractivity contribution in [1.29, 1.82) is 0 Å². The van der Waals surface area contributed by atoms with E-state index in [1.54, 1.807) is 6.20 Å². The lowest BCUT2D eigenvalue weighted by molar-refractivity contribution is -0.141. The Labute approximate surface area is 150 Å². The number of hydrogen-bond donors (Lipinski definition) is 2. The second kappa shape index (κ2) is 8.20. The summed E-state index contributed by atoms with van der Waals surface area (Å²) in [6, 6.07) is 15.9. The molecule has 3 aromatic rings. The van der Waals surface area contributed by atoms with E-state index < -0.39 is 12.0 Å². The lowest BCUT2D eigenvalue weighted by Gasteiger charge is -2.14. The number of para-hydroxylation sites is 2. The van der Waals surface area contributed by atoms with Crippen LogP contribution in [0.1, 0.15) is 17.7 Å². The molecule has 0 fully saturated rings. The second-order valence-corrected chi connectivity index (χ2v) is 6.00. The molecule has 3 rings (SSSR count). The molecule has 0 saturated heterocycles. The maximum atomic E-state index is 12.1. The van der Waals surface area contributed by atoms with E-state index in [0.29, 0.717) is 17.6 Å². The Kier molecular flexibility index (Phi) is 5.53. The van der Waals surface area contributed by atoms with E-state index in [1.165, 1.54) is 0 Å². The topological polar surface area (TPSA) is 92.2 Å². The third-order valence-electron chi connectivity index (χ3n) is 4.03. The van der Waals surface area contributed by atoms with Crippen molar-refractivity contribution >= 4 is 22.9 Å². The SMILES string of the molecule is O=C(CCc1ccccc1)N[C@@H](Cc1cnc2ccccc2n1)C(=O)O. The van der Waals surface area contributed by atoms with Crippen LogP contribution in [0.4, 0.5) is 0 Å². The van der Waals surface area contributed by atoms with Crippen LogP contribution in [0.15, 0.2) is 60.8 Å². The Morgan fingerprint density at radius 2 is 1.69 bits per heavy atom. The molecule has 0 aliphatic heterocycles. The number of carbonyl (C=O) groups excluding carboxylic acids is 1. The molecule has 26 heavy (non-hydrogen) atoms. The summed E-state index contributed by atoms with van der Waals surface area (Å²) in [5.74, 6) is -1.39. The van der Waals surface area contributed by atoms with Crippen LogP contribution in [-0.2, 0) is 22.4 Å². The minimum Gasteiger partial charge on any atom is -0.480 e. The normalized spacial score (nSPS) is 11.8. The summed E-state index contributed by atoms with van der Waals surface area (Å²) >= 11 is 0. The number of amides is 1. The van der Waals surface area contributed by atoms with Crippen molar-refractivity contribution in [2.75, 3.05) is 0 Å². The summed E-state index contributed by atoms with van der Waals surface area (Å²) in [4.78, 5) is 32.3. The van der Waals surface area contributed by atoms with Crippen molar-refractivity contribution in [3.63, 3.8) is 0 Å². The summed E-state index contributed by atoms with van der Waals surface area (Å²) in [5, 5.41) is 12.0. The van der Waals surface area contributed by atoms with E-state index in [-0.39, 0.29) is 18.7 Å². The maximum absolute atomic E-state index is 12.1. The van der Waals surface area contributed by atoms with Crippen LogP contribution in [0, 0.1) is 0 Å². The Balaban J connectivity index is 1.62. The molecule has 6 nitrogen and oxygen atoms in total. The van der Waals surface area contributed by atoms with Gasteiger partial charge in [0.2, 0.25) is 5.91 Å². The third kappa shape index (κ3) is 4.63. The molecule has 1 amide bonds. The number of hydrogen-bond acceptors (Lipinski definition) is 4. The Hall–Kier alpha value is -3.28. The molecule has 132 valence electrons. The average Bonchev–Trinajstić information content (AvgIpc) is 2.66. The number of aliphatic carboxylic acids is 1. The molecule has 2 aromatic carbocycles. The van der Waals surface area contributed by atoms with E-state index >= 15 is 0 Å². The molecule has 1 aromatic heterocycles. The standard InChI is InChI=1S/C20H19N3O3/c24-19(11-10-14-6-2-1-3-7-14)23-18(20(25)26)12-15-13-21-16-8-4-5-9-17(16)22-15/h1-9,13,18H,10-12H2,(H,23,24)(H,25,26)/t18-/m0/s1. The number of nitrogens with one attached hydrogen (secondary N) is 1. The first-order chi connectivity index (χ1) is 12.6. The number of fused-ring (bicyclic) bond motifs is 1. The Morgan fingerprint density at radius 3 is 2.42 bits per heavy atom. The molecule has 6 heteroatoms. The predicted molar refractivity (Wildman–Crippen MR) is 97.6 cm³/mol. The monoisotopic (exact) mass is 349 g/mol. The summed E-state index contributed by atoms with van der Waals surface area (Å²) in [6.07, 6.45) is 2.44. The number of carboxylic acids is 1. The van der Waals surface area contributed by atoms with Gasteiger partial charge in [0.1, 0.15) is 6.04 Å². The predicted octanol–water partition coefficient (Wildman–Crippen LogP) is 2.37. The quantitative estimate of drug-likeness (QED) is 0.683. The second-order valence-electron chi connectivity index (χ2n) is 6.00.